The maximum Gasteiger partial charge on any atom is 0.334 e. The number of carbonyl (C=O) groups is 1. The van der Waals surface area contributed by atoms with E-state index < -0.39 is 31.1 Å². The molecule has 0 aliphatic heterocycles. The maximum atomic E-state index is 13.7. The van der Waals surface area contributed by atoms with Crippen LogP contribution >= 0.6 is 8.03 Å². The molecule has 182 valence electrons. The predicted molar refractivity (Wildman–Crippen MR) is 134 cm³/mol. The number of carboxylic acid groups (broad SMARTS) is 1. The van der Waals surface area contributed by atoms with Crippen molar-refractivity contribution in [2.75, 3.05) is 7.11 Å². The third-order valence-corrected chi connectivity index (χ3v) is 7.45. The first kappa shape index (κ1) is 26.3. The molecule has 0 radical (unpaired) electrons. The number of nitrogens with zero attached hydrogens (tertiary/aromatic N) is 1. The summed E-state index contributed by atoms with van der Waals surface area (Å²) in [4.78, 5) is 17.0. The largest absolute Gasteiger partial charge is 0.480 e. The molecule has 0 spiro atoms. The number of aliphatic hydroxyl groups excluding tert-OH is 1. The van der Waals surface area contributed by atoms with Crippen molar-refractivity contribution in [3.05, 3.63) is 77.7 Å². The molecular weight excluding hydrogens is 468 g/mol. The predicted octanol–water partition coefficient (Wildman–Crippen LogP) is 5.35. The van der Waals surface area contributed by atoms with Gasteiger partial charge in [0, 0.05) is 18.2 Å². The summed E-state index contributed by atoms with van der Waals surface area (Å²) < 4.78 is 31.2. The monoisotopic (exact) mass is 495 g/mol. The van der Waals surface area contributed by atoms with Crippen LogP contribution in [0.3, 0.4) is 0 Å². The van der Waals surface area contributed by atoms with Crippen LogP contribution < -0.4 is 0 Å². The van der Waals surface area contributed by atoms with Crippen LogP contribution in [0.5, 0.6) is 0 Å². The van der Waals surface area contributed by atoms with Gasteiger partial charge in [-0.15, -0.1) is 0 Å². The lowest BCUT2D eigenvalue weighted by Gasteiger charge is -2.25. The number of rotatable bonds is 7. The van der Waals surface area contributed by atoms with Crippen LogP contribution in [0.15, 0.2) is 60.7 Å². The molecule has 6 nitrogen and oxygen atoms in total. The number of aliphatic carboxylic acids is 1. The topological polar surface area (TPSA) is 96.7 Å². The standard InChI is InChI=1S/C27H27FNO5P/c1-17(2)25-22(14-15-27(18(3)30,26(31)32)35(33)34-4)23(19-10-12-21(28)13-11-19)16-24(29-25)20-8-6-5-7-9-20/h5-13,16-18,30,35H,1-4H3,(H,31,32). The molecule has 0 saturated carbocycles. The molecule has 3 rings (SSSR count). The normalized spacial score (nSPS) is 14.5. The van der Waals surface area contributed by atoms with Crippen molar-refractivity contribution in [1.29, 1.82) is 0 Å². The Hall–Kier alpha value is -3.30. The molecule has 8 heteroatoms. The second-order valence-electron chi connectivity index (χ2n) is 8.37. The minimum atomic E-state index is -3.30. The molecule has 1 heterocycles. The third-order valence-electron chi connectivity index (χ3n) is 5.68. The summed E-state index contributed by atoms with van der Waals surface area (Å²) in [5.41, 5.74) is 3.78. The number of hydrogen-bond acceptors (Lipinski definition) is 5. The van der Waals surface area contributed by atoms with Gasteiger partial charge in [0.1, 0.15) is 5.82 Å². The molecule has 0 aliphatic rings. The van der Waals surface area contributed by atoms with Crippen LogP contribution in [0.2, 0.25) is 0 Å². The number of carboxylic acids is 1. The highest BCUT2D eigenvalue weighted by Gasteiger charge is 2.48. The van der Waals surface area contributed by atoms with Gasteiger partial charge in [-0.2, -0.15) is 0 Å². The zero-order valence-electron chi connectivity index (χ0n) is 19.9. The first-order valence-electron chi connectivity index (χ1n) is 11.0. The number of aliphatic hydroxyl groups is 1. The minimum Gasteiger partial charge on any atom is -0.480 e. The molecule has 1 aromatic heterocycles. The first-order valence-corrected chi connectivity index (χ1v) is 12.3. The van der Waals surface area contributed by atoms with E-state index in [1.165, 1.54) is 19.1 Å². The Balaban J connectivity index is 2.38. The fraction of sp³-hybridized carbons (Fsp3) is 0.259. The zero-order valence-corrected chi connectivity index (χ0v) is 20.9. The van der Waals surface area contributed by atoms with Gasteiger partial charge in [-0.25, -0.2) is 9.18 Å². The lowest BCUT2D eigenvalue weighted by atomic mass is 9.92. The van der Waals surface area contributed by atoms with Gasteiger partial charge in [0.05, 0.1) is 23.1 Å². The van der Waals surface area contributed by atoms with Gasteiger partial charge in [0.2, 0.25) is 13.2 Å². The van der Waals surface area contributed by atoms with Gasteiger partial charge in [0.15, 0.2) is 0 Å². The summed E-state index contributed by atoms with van der Waals surface area (Å²) in [5.74, 6) is 3.37. The summed E-state index contributed by atoms with van der Waals surface area (Å²) in [7, 11) is -2.19. The van der Waals surface area contributed by atoms with Crippen molar-refractivity contribution in [1.82, 2.24) is 4.98 Å². The molecule has 35 heavy (non-hydrogen) atoms. The van der Waals surface area contributed by atoms with Gasteiger partial charge in [-0.1, -0.05) is 68.2 Å². The number of halogens is 1. The Bertz CT molecular complexity index is 1300. The van der Waals surface area contributed by atoms with E-state index in [0.29, 0.717) is 28.1 Å². The van der Waals surface area contributed by atoms with Gasteiger partial charge in [-0.05, 0) is 36.6 Å². The highest BCUT2D eigenvalue weighted by atomic mass is 31.1. The van der Waals surface area contributed by atoms with E-state index in [1.54, 1.807) is 12.1 Å². The molecule has 0 bridgehead atoms. The fourth-order valence-corrected chi connectivity index (χ4v) is 4.70. The Morgan fingerprint density at radius 3 is 2.23 bits per heavy atom. The smallest absolute Gasteiger partial charge is 0.334 e. The molecular formula is C27H27FNO5P. The molecule has 0 amide bonds. The summed E-state index contributed by atoms with van der Waals surface area (Å²) in [6.45, 7) is 5.06. The van der Waals surface area contributed by atoms with Crippen molar-refractivity contribution in [3.8, 4) is 34.2 Å². The average molecular weight is 495 g/mol. The van der Waals surface area contributed by atoms with Crippen molar-refractivity contribution >= 4 is 14.0 Å². The molecule has 3 atom stereocenters. The summed E-state index contributed by atoms with van der Waals surface area (Å²) >= 11 is 0. The van der Waals surface area contributed by atoms with Crippen LogP contribution in [0, 0.1) is 17.7 Å². The van der Waals surface area contributed by atoms with Gasteiger partial charge in [-0.3, -0.25) is 9.55 Å². The van der Waals surface area contributed by atoms with Gasteiger partial charge in [0.25, 0.3) is 0 Å². The Labute approximate surface area is 204 Å². The molecule has 2 aromatic carbocycles. The lowest BCUT2D eigenvalue weighted by molar-refractivity contribution is -0.141. The van der Waals surface area contributed by atoms with E-state index in [2.05, 4.69) is 11.8 Å². The van der Waals surface area contributed by atoms with Crippen LogP contribution in [0.4, 0.5) is 4.39 Å². The lowest BCUT2D eigenvalue weighted by Crippen LogP contribution is -2.44. The Kier molecular flexibility index (Phi) is 8.24. The number of aromatic nitrogens is 1. The minimum absolute atomic E-state index is 0.118. The second-order valence-corrected chi connectivity index (χ2v) is 10.1. The molecule has 3 aromatic rings. The molecule has 3 unspecified atom stereocenters. The number of hydrogen-bond donors (Lipinski definition) is 2. The van der Waals surface area contributed by atoms with Crippen LogP contribution in [-0.4, -0.2) is 39.5 Å². The molecule has 0 saturated heterocycles. The van der Waals surface area contributed by atoms with Crippen molar-refractivity contribution in [2.24, 2.45) is 0 Å². The second kappa shape index (κ2) is 11.0. The van der Waals surface area contributed by atoms with Crippen molar-refractivity contribution in [3.63, 3.8) is 0 Å². The Morgan fingerprint density at radius 1 is 1.09 bits per heavy atom. The zero-order chi connectivity index (χ0) is 25.8. The quantitative estimate of drug-likeness (QED) is 0.339. The van der Waals surface area contributed by atoms with Crippen LogP contribution in [-0.2, 0) is 13.9 Å². The van der Waals surface area contributed by atoms with E-state index in [0.717, 1.165) is 12.7 Å². The highest BCUT2D eigenvalue weighted by Crippen LogP contribution is 2.42. The van der Waals surface area contributed by atoms with Crippen LogP contribution in [0.25, 0.3) is 22.4 Å². The van der Waals surface area contributed by atoms with Gasteiger partial charge >= 0.3 is 5.97 Å². The maximum absolute atomic E-state index is 13.7. The van der Waals surface area contributed by atoms with Gasteiger partial charge < -0.3 is 14.7 Å². The highest BCUT2D eigenvalue weighted by molar-refractivity contribution is 7.43. The summed E-state index contributed by atoms with van der Waals surface area (Å²) in [5, 5.41) is 17.9. The fourth-order valence-electron chi connectivity index (χ4n) is 3.70. The first-order chi connectivity index (χ1) is 16.6. The van der Waals surface area contributed by atoms with E-state index in [4.69, 9.17) is 9.51 Å². The molecule has 0 aliphatic carbocycles. The summed E-state index contributed by atoms with van der Waals surface area (Å²) in [6.07, 6.45) is -1.58. The molecule has 0 fully saturated rings. The van der Waals surface area contributed by atoms with E-state index >= 15 is 0 Å². The van der Waals surface area contributed by atoms with Crippen molar-refractivity contribution < 1.29 is 28.5 Å². The van der Waals surface area contributed by atoms with E-state index in [9.17, 15) is 24.0 Å². The summed E-state index contributed by atoms with van der Waals surface area (Å²) in [6, 6.07) is 17.2. The van der Waals surface area contributed by atoms with E-state index in [-0.39, 0.29) is 5.92 Å². The number of benzene rings is 2. The Morgan fingerprint density at radius 2 is 1.71 bits per heavy atom. The third kappa shape index (κ3) is 5.36. The van der Waals surface area contributed by atoms with Crippen LogP contribution in [0.1, 0.15) is 37.9 Å². The van der Waals surface area contributed by atoms with E-state index in [1.807, 2.05) is 50.2 Å². The SMILES string of the molecule is CO[PH](=O)C(C#Cc1c(-c2ccc(F)cc2)cc(-c2ccccc2)nc1C(C)C)(C(=O)O)C(C)O. The average Bonchev–Trinajstić information content (AvgIpc) is 2.84. The number of pyridine rings is 1. The molecule has 2 N–H and O–H groups in total. The van der Waals surface area contributed by atoms with Crippen molar-refractivity contribution in [2.45, 2.75) is 37.9 Å².